The van der Waals surface area contributed by atoms with Crippen LogP contribution in [0.1, 0.15) is 5.56 Å². The maximum absolute atomic E-state index is 12.3. The number of nitrogens with zero attached hydrogens (tertiary/aromatic N) is 2. The molecule has 108 valence electrons. The van der Waals surface area contributed by atoms with Gasteiger partial charge >= 0.3 is 10.2 Å². The molecule has 1 aliphatic rings. The number of methoxy groups -OCH3 is 1. The van der Waals surface area contributed by atoms with Gasteiger partial charge in [0.1, 0.15) is 17.5 Å². The monoisotopic (exact) mass is 296 g/mol. The maximum atomic E-state index is 12.3. The van der Waals surface area contributed by atoms with E-state index in [-0.39, 0.29) is 11.3 Å². The van der Waals surface area contributed by atoms with Crippen LogP contribution in [0.2, 0.25) is 0 Å². The van der Waals surface area contributed by atoms with Gasteiger partial charge in [0.15, 0.2) is 0 Å². The van der Waals surface area contributed by atoms with E-state index < -0.39 is 10.2 Å². The summed E-state index contributed by atoms with van der Waals surface area (Å²) in [5, 5.41) is 12.2. The number of hydrogen-bond acceptors (Lipinski definition) is 5. The molecular formula is C12H16N4O3S. The second-order valence-corrected chi connectivity index (χ2v) is 5.92. The van der Waals surface area contributed by atoms with Crippen LogP contribution in [0.4, 0.5) is 5.69 Å². The lowest BCUT2D eigenvalue weighted by molar-refractivity contribution is 0.362. The Morgan fingerprint density at radius 3 is 2.70 bits per heavy atom. The largest absolute Gasteiger partial charge is 0.495 e. The lowest BCUT2D eigenvalue weighted by Crippen LogP contribution is -2.48. The first kappa shape index (κ1) is 14.6. The van der Waals surface area contributed by atoms with Gasteiger partial charge < -0.3 is 10.1 Å². The fourth-order valence-electron chi connectivity index (χ4n) is 1.98. The minimum Gasteiger partial charge on any atom is -0.495 e. The number of ether oxygens (including phenoxy) is 1. The summed E-state index contributed by atoms with van der Waals surface area (Å²) < 4.78 is 33.5. The van der Waals surface area contributed by atoms with Gasteiger partial charge in [0.25, 0.3) is 0 Å². The summed E-state index contributed by atoms with van der Waals surface area (Å²) >= 11 is 0. The number of rotatable bonds is 4. The predicted molar refractivity (Wildman–Crippen MR) is 74.7 cm³/mol. The van der Waals surface area contributed by atoms with Crippen molar-refractivity contribution in [1.29, 1.82) is 5.26 Å². The topological polar surface area (TPSA) is 94.5 Å². The summed E-state index contributed by atoms with van der Waals surface area (Å²) in [7, 11) is -2.26. The van der Waals surface area contributed by atoms with E-state index in [9.17, 15) is 8.42 Å². The predicted octanol–water partition coefficient (Wildman–Crippen LogP) is 0.129. The summed E-state index contributed by atoms with van der Waals surface area (Å²) in [5.74, 6) is 0.322. The molecule has 2 rings (SSSR count). The molecule has 7 nitrogen and oxygen atoms in total. The van der Waals surface area contributed by atoms with Crippen molar-refractivity contribution < 1.29 is 13.2 Å². The number of hydrogen-bond donors (Lipinski definition) is 2. The highest BCUT2D eigenvalue weighted by molar-refractivity contribution is 7.90. The highest BCUT2D eigenvalue weighted by atomic mass is 32.2. The Hall–Kier alpha value is -1.82. The maximum Gasteiger partial charge on any atom is 0.301 e. The van der Waals surface area contributed by atoms with Crippen LogP contribution < -0.4 is 14.8 Å². The minimum absolute atomic E-state index is 0.177. The summed E-state index contributed by atoms with van der Waals surface area (Å²) in [6.07, 6.45) is 0. The number of nitriles is 1. The fourth-order valence-corrected chi connectivity index (χ4v) is 3.24. The van der Waals surface area contributed by atoms with Crippen molar-refractivity contribution in [2.45, 2.75) is 0 Å². The average molecular weight is 296 g/mol. The Balaban J connectivity index is 2.31. The molecule has 0 unspecified atom stereocenters. The Bertz CT molecular complexity index is 618. The first-order chi connectivity index (χ1) is 9.58. The Labute approximate surface area is 118 Å². The molecule has 8 heteroatoms. The molecule has 0 radical (unpaired) electrons. The van der Waals surface area contributed by atoms with Crippen LogP contribution in [0.25, 0.3) is 0 Å². The number of nitrogens with one attached hydrogen (secondary N) is 2. The lowest BCUT2D eigenvalue weighted by atomic mass is 10.2. The van der Waals surface area contributed by atoms with Crippen molar-refractivity contribution in [3.8, 4) is 11.8 Å². The van der Waals surface area contributed by atoms with Crippen LogP contribution in [-0.4, -0.2) is 46.0 Å². The third-order valence-electron chi connectivity index (χ3n) is 3.01. The zero-order chi connectivity index (χ0) is 14.6. The minimum atomic E-state index is -3.69. The van der Waals surface area contributed by atoms with Crippen LogP contribution >= 0.6 is 0 Å². The molecule has 1 fully saturated rings. The molecule has 1 saturated heterocycles. The van der Waals surface area contributed by atoms with Crippen LogP contribution in [0.3, 0.4) is 0 Å². The first-order valence-electron chi connectivity index (χ1n) is 6.14. The standard InChI is InChI=1S/C12H16N4O3S/c1-19-11-4-2-3-10(9-13)12(11)15-20(17,18)16-7-5-14-6-8-16/h2-4,14-15H,5-8H2,1H3. The van der Waals surface area contributed by atoms with E-state index in [0.29, 0.717) is 31.9 Å². The third-order valence-corrected chi connectivity index (χ3v) is 4.52. The van der Waals surface area contributed by atoms with Gasteiger partial charge in [0, 0.05) is 26.2 Å². The van der Waals surface area contributed by atoms with E-state index in [2.05, 4.69) is 10.0 Å². The molecule has 0 atom stereocenters. The molecule has 0 saturated carbocycles. The SMILES string of the molecule is COc1cccc(C#N)c1NS(=O)(=O)N1CCNCC1. The van der Waals surface area contributed by atoms with Gasteiger partial charge in [-0.25, -0.2) is 0 Å². The van der Waals surface area contributed by atoms with Crippen LogP contribution in [0.5, 0.6) is 5.75 Å². The quantitative estimate of drug-likeness (QED) is 0.823. The van der Waals surface area contributed by atoms with Crippen molar-refractivity contribution in [2.75, 3.05) is 38.0 Å². The van der Waals surface area contributed by atoms with E-state index in [1.165, 1.54) is 17.5 Å². The molecule has 0 aromatic heterocycles. The fraction of sp³-hybridized carbons (Fsp3) is 0.417. The summed E-state index contributed by atoms with van der Waals surface area (Å²) in [5.41, 5.74) is 0.402. The van der Waals surface area contributed by atoms with Gasteiger partial charge in [-0.15, -0.1) is 0 Å². The van der Waals surface area contributed by atoms with Gasteiger partial charge in [0.05, 0.1) is 12.7 Å². The smallest absolute Gasteiger partial charge is 0.301 e. The molecule has 0 amide bonds. The summed E-state index contributed by atoms with van der Waals surface area (Å²) in [6.45, 7) is 2.01. The van der Waals surface area contributed by atoms with Gasteiger partial charge in [-0.3, -0.25) is 4.72 Å². The number of para-hydroxylation sites is 1. The lowest BCUT2D eigenvalue weighted by Gasteiger charge is -2.27. The zero-order valence-electron chi connectivity index (χ0n) is 11.1. The number of benzene rings is 1. The molecule has 1 aromatic carbocycles. The van der Waals surface area contributed by atoms with Gasteiger partial charge in [-0.1, -0.05) is 6.07 Å². The third kappa shape index (κ3) is 3.01. The van der Waals surface area contributed by atoms with Crippen LogP contribution in [-0.2, 0) is 10.2 Å². The van der Waals surface area contributed by atoms with Crippen molar-refractivity contribution in [3.05, 3.63) is 23.8 Å². The molecular weight excluding hydrogens is 280 g/mol. The van der Waals surface area contributed by atoms with E-state index in [1.807, 2.05) is 6.07 Å². The summed E-state index contributed by atoms with van der Waals surface area (Å²) in [4.78, 5) is 0. The first-order valence-corrected chi connectivity index (χ1v) is 7.58. The van der Waals surface area contributed by atoms with E-state index >= 15 is 0 Å². The van der Waals surface area contributed by atoms with Gasteiger partial charge in [-0.2, -0.15) is 18.0 Å². The highest BCUT2D eigenvalue weighted by Gasteiger charge is 2.25. The average Bonchev–Trinajstić information content (AvgIpc) is 2.48. The van der Waals surface area contributed by atoms with Crippen molar-refractivity contribution in [3.63, 3.8) is 0 Å². The molecule has 2 N–H and O–H groups in total. The van der Waals surface area contributed by atoms with Crippen molar-refractivity contribution in [1.82, 2.24) is 9.62 Å². The second kappa shape index (κ2) is 6.09. The number of anilines is 1. The van der Waals surface area contributed by atoms with E-state index in [0.717, 1.165) is 0 Å². The second-order valence-electron chi connectivity index (χ2n) is 4.25. The van der Waals surface area contributed by atoms with Crippen LogP contribution in [0.15, 0.2) is 18.2 Å². The number of piperazine rings is 1. The highest BCUT2D eigenvalue weighted by Crippen LogP contribution is 2.29. The molecule has 0 bridgehead atoms. The summed E-state index contributed by atoms with van der Waals surface area (Å²) in [6, 6.07) is 6.74. The van der Waals surface area contributed by atoms with E-state index in [1.54, 1.807) is 12.1 Å². The molecule has 1 heterocycles. The van der Waals surface area contributed by atoms with Gasteiger partial charge in [-0.05, 0) is 12.1 Å². The van der Waals surface area contributed by atoms with E-state index in [4.69, 9.17) is 10.00 Å². The molecule has 20 heavy (non-hydrogen) atoms. The van der Waals surface area contributed by atoms with Crippen molar-refractivity contribution in [2.24, 2.45) is 0 Å². The van der Waals surface area contributed by atoms with Crippen LogP contribution in [0, 0.1) is 11.3 Å². The van der Waals surface area contributed by atoms with Crippen molar-refractivity contribution >= 4 is 15.9 Å². The molecule has 0 spiro atoms. The van der Waals surface area contributed by atoms with Gasteiger partial charge in [0.2, 0.25) is 0 Å². The Morgan fingerprint density at radius 2 is 2.10 bits per heavy atom. The zero-order valence-corrected chi connectivity index (χ0v) is 11.9. The Morgan fingerprint density at radius 1 is 1.40 bits per heavy atom. The Kier molecular flexibility index (Phi) is 4.44. The molecule has 1 aliphatic heterocycles. The molecule has 0 aliphatic carbocycles. The normalized spacial score (nSPS) is 16.4. The molecule has 1 aromatic rings.